The van der Waals surface area contributed by atoms with Gasteiger partial charge in [0.05, 0.1) is 20.3 Å². The Morgan fingerprint density at radius 2 is 1.78 bits per heavy atom. The van der Waals surface area contributed by atoms with Crippen LogP contribution in [-0.4, -0.2) is 26.6 Å². The van der Waals surface area contributed by atoms with E-state index in [1.165, 1.54) is 12.8 Å². The van der Waals surface area contributed by atoms with Gasteiger partial charge in [0.25, 0.3) is 0 Å². The zero-order chi connectivity index (χ0) is 17.1. The van der Waals surface area contributed by atoms with Crippen molar-refractivity contribution in [3.63, 3.8) is 0 Å². The van der Waals surface area contributed by atoms with Crippen LogP contribution in [0.25, 0.3) is 0 Å². The van der Waals surface area contributed by atoms with Crippen molar-refractivity contribution in [2.75, 3.05) is 20.3 Å². The smallest absolute Gasteiger partial charge is 0.203 e. The van der Waals surface area contributed by atoms with Crippen molar-refractivity contribution in [2.24, 2.45) is 0 Å². The van der Waals surface area contributed by atoms with E-state index >= 15 is 0 Å². The average molecular weight is 322 g/mol. The second-order valence-corrected chi connectivity index (χ2v) is 5.51. The van der Waals surface area contributed by atoms with Gasteiger partial charge in [-0.3, -0.25) is 4.79 Å². The van der Waals surface area contributed by atoms with Crippen LogP contribution in [0.5, 0.6) is 17.2 Å². The van der Waals surface area contributed by atoms with Crippen LogP contribution in [-0.2, 0) is 6.42 Å². The number of carbonyl (C=O) groups is 1. The first-order valence-corrected chi connectivity index (χ1v) is 8.67. The van der Waals surface area contributed by atoms with Gasteiger partial charge in [0.15, 0.2) is 17.8 Å². The number of hydrogen-bond acceptors (Lipinski definition) is 4. The topological polar surface area (TPSA) is 44.8 Å². The molecule has 130 valence electrons. The highest BCUT2D eigenvalue weighted by molar-refractivity contribution is 5.82. The Labute approximate surface area is 140 Å². The first-order valence-electron chi connectivity index (χ1n) is 8.67. The number of ether oxygens (including phenoxy) is 3. The number of carbonyl (C=O) groups excluding carboxylic acids is 1. The summed E-state index contributed by atoms with van der Waals surface area (Å²) in [6.07, 6.45) is 7.16. The van der Waals surface area contributed by atoms with Crippen molar-refractivity contribution in [1.29, 1.82) is 0 Å². The van der Waals surface area contributed by atoms with Crippen molar-refractivity contribution in [2.45, 2.75) is 59.3 Å². The number of benzene rings is 1. The monoisotopic (exact) mass is 322 g/mol. The molecule has 0 bridgehead atoms. The van der Waals surface area contributed by atoms with E-state index in [-0.39, 0.29) is 0 Å². The highest BCUT2D eigenvalue weighted by Crippen LogP contribution is 2.42. The molecule has 0 heterocycles. The van der Waals surface area contributed by atoms with Crippen molar-refractivity contribution in [3.05, 3.63) is 17.2 Å². The van der Waals surface area contributed by atoms with Gasteiger partial charge in [-0.2, -0.15) is 0 Å². The summed E-state index contributed by atoms with van der Waals surface area (Å²) < 4.78 is 17.1. The fourth-order valence-electron chi connectivity index (χ4n) is 2.58. The molecule has 0 radical (unpaired) electrons. The van der Waals surface area contributed by atoms with Gasteiger partial charge in [-0.15, -0.1) is 0 Å². The van der Waals surface area contributed by atoms with Crippen molar-refractivity contribution >= 4 is 6.29 Å². The van der Waals surface area contributed by atoms with Gasteiger partial charge in [0, 0.05) is 11.1 Å². The summed E-state index contributed by atoms with van der Waals surface area (Å²) in [5.74, 6) is 1.84. The molecule has 0 amide bonds. The molecular formula is C19H30O4. The molecule has 1 aromatic carbocycles. The molecule has 0 atom stereocenters. The summed E-state index contributed by atoms with van der Waals surface area (Å²) in [4.78, 5) is 11.5. The van der Waals surface area contributed by atoms with E-state index in [9.17, 15) is 4.79 Å². The SMILES string of the molecule is CCCCCCc1c(C=O)cc(OCCC)c(OCC)c1OC. The van der Waals surface area contributed by atoms with Gasteiger partial charge in [0.1, 0.15) is 0 Å². The maximum Gasteiger partial charge on any atom is 0.203 e. The number of rotatable bonds is 12. The summed E-state index contributed by atoms with van der Waals surface area (Å²) in [7, 11) is 1.62. The molecule has 1 rings (SSSR count). The minimum Gasteiger partial charge on any atom is -0.492 e. The fourth-order valence-corrected chi connectivity index (χ4v) is 2.58. The molecule has 4 nitrogen and oxygen atoms in total. The van der Waals surface area contributed by atoms with E-state index in [1.807, 2.05) is 13.8 Å². The highest BCUT2D eigenvalue weighted by Gasteiger charge is 2.20. The number of unbranched alkanes of at least 4 members (excludes halogenated alkanes) is 3. The third-order valence-electron chi connectivity index (χ3n) is 3.70. The van der Waals surface area contributed by atoms with Crippen LogP contribution >= 0.6 is 0 Å². The average Bonchev–Trinajstić information content (AvgIpc) is 2.57. The second-order valence-electron chi connectivity index (χ2n) is 5.51. The van der Waals surface area contributed by atoms with E-state index in [0.29, 0.717) is 36.0 Å². The second kappa shape index (κ2) is 10.9. The Morgan fingerprint density at radius 1 is 1.00 bits per heavy atom. The number of methoxy groups -OCH3 is 1. The molecule has 0 saturated carbocycles. The Hall–Kier alpha value is -1.71. The molecule has 1 aromatic rings. The first-order chi connectivity index (χ1) is 11.2. The van der Waals surface area contributed by atoms with Crippen LogP contribution in [0, 0.1) is 0 Å². The van der Waals surface area contributed by atoms with Crippen LogP contribution in [0.3, 0.4) is 0 Å². The standard InChI is InChI=1S/C19H30O4/c1-5-8-9-10-11-16-15(14-20)13-17(23-12-6-2)19(22-7-3)18(16)21-4/h13-14H,5-12H2,1-4H3. The lowest BCUT2D eigenvalue weighted by atomic mass is 9.99. The summed E-state index contributed by atoms with van der Waals surface area (Å²) in [5.41, 5.74) is 1.55. The summed E-state index contributed by atoms with van der Waals surface area (Å²) in [6.45, 7) is 7.26. The van der Waals surface area contributed by atoms with Crippen LogP contribution in [0.1, 0.15) is 68.8 Å². The summed E-state index contributed by atoms with van der Waals surface area (Å²) >= 11 is 0. The number of aldehydes is 1. The zero-order valence-electron chi connectivity index (χ0n) is 14.9. The largest absolute Gasteiger partial charge is 0.492 e. The molecule has 0 aliphatic rings. The lowest BCUT2D eigenvalue weighted by molar-refractivity contribution is 0.112. The van der Waals surface area contributed by atoms with Crippen LogP contribution in [0.4, 0.5) is 0 Å². The molecule has 0 unspecified atom stereocenters. The first kappa shape index (κ1) is 19.3. The molecule has 0 fully saturated rings. The van der Waals surface area contributed by atoms with E-state index in [0.717, 1.165) is 37.5 Å². The van der Waals surface area contributed by atoms with Crippen molar-refractivity contribution in [3.8, 4) is 17.2 Å². The Kier molecular flexibility index (Phi) is 9.18. The lowest BCUT2D eigenvalue weighted by Crippen LogP contribution is -2.06. The molecule has 0 aliphatic carbocycles. The molecule has 0 spiro atoms. The van der Waals surface area contributed by atoms with Crippen LogP contribution in [0.2, 0.25) is 0 Å². The van der Waals surface area contributed by atoms with E-state index in [2.05, 4.69) is 6.92 Å². The maximum absolute atomic E-state index is 11.5. The minimum atomic E-state index is 0.522. The Morgan fingerprint density at radius 3 is 2.35 bits per heavy atom. The van der Waals surface area contributed by atoms with Crippen molar-refractivity contribution < 1.29 is 19.0 Å². The summed E-state index contributed by atoms with van der Waals surface area (Å²) in [6, 6.07) is 1.78. The molecule has 0 aliphatic heterocycles. The normalized spacial score (nSPS) is 10.4. The fraction of sp³-hybridized carbons (Fsp3) is 0.632. The Bertz CT molecular complexity index is 483. The predicted molar refractivity (Wildman–Crippen MR) is 93.2 cm³/mol. The van der Waals surface area contributed by atoms with E-state index < -0.39 is 0 Å². The molecule has 0 N–H and O–H groups in total. The summed E-state index contributed by atoms with van der Waals surface area (Å²) in [5, 5.41) is 0. The molecule has 0 saturated heterocycles. The quantitative estimate of drug-likeness (QED) is 0.409. The zero-order valence-corrected chi connectivity index (χ0v) is 14.9. The molecule has 4 heteroatoms. The van der Waals surface area contributed by atoms with Gasteiger partial charge in [-0.1, -0.05) is 33.1 Å². The minimum absolute atomic E-state index is 0.522. The third-order valence-corrected chi connectivity index (χ3v) is 3.70. The highest BCUT2D eigenvalue weighted by atomic mass is 16.5. The Balaban J connectivity index is 3.19. The molecule has 23 heavy (non-hydrogen) atoms. The molecule has 0 aromatic heterocycles. The maximum atomic E-state index is 11.5. The van der Waals surface area contributed by atoms with Gasteiger partial charge in [-0.25, -0.2) is 0 Å². The van der Waals surface area contributed by atoms with Crippen LogP contribution in [0.15, 0.2) is 6.07 Å². The van der Waals surface area contributed by atoms with Gasteiger partial charge < -0.3 is 14.2 Å². The predicted octanol–water partition coefficient (Wildman–Crippen LogP) is 4.82. The van der Waals surface area contributed by atoms with Crippen LogP contribution < -0.4 is 14.2 Å². The lowest BCUT2D eigenvalue weighted by Gasteiger charge is -2.19. The van der Waals surface area contributed by atoms with E-state index in [1.54, 1.807) is 13.2 Å². The van der Waals surface area contributed by atoms with Crippen molar-refractivity contribution in [1.82, 2.24) is 0 Å². The van der Waals surface area contributed by atoms with Gasteiger partial charge >= 0.3 is 0 Å². The molecular weight excluding hydrogens is 292 g/mol. The van der Waals surface area contributed by atoms with Gasteiger partial charge in [0.2, 0.25) is 5.75 Å². The third kappa shape index (κ3) is 5.45. The van der Waals surface area contributed by atoms with Gasteiger partial charge in [-0.05, 0) is 32.3 Å². The number of hydrogen-bond donors (Lipinski definition) is 0. The van der Waals surface area contributed by atoms with E-state index in [4.69, 9.17) is 14.2 Å².